The summed E-state index contributed by atoms with van der Waals surface area (Å²) in [6, 6.07) is 41.0. The fraction of sp³-hybridized carbons (Fsp3) is 0.205. The van der Waals surface area contributed by atoms with Gasteiger partial charge in [0.2, 0.25) is 5.36 Å². The Kier molecular flexibility index (Phi) is 11.2. The topological polar surface area (TPSA) is 56.7 Å². The number of anilines is 1. The van der Waals surface area contributed by atoms with Crippen molar-refractivity contribution in [3.05, 3.63) is 127 Å². The van der Waals surface area contributed by atoms with Gasteiger partial charge in [-0.2, -0.15) is 0 Å². The Morgan fingerprint density at radius 2 is 1.43 bits per heavy atom. The van der Waals surface area contributed by atoms with Crippen LogP contribution in [0, 0.1) is 0 Å². The molecule has 0 saturated carbocycles. The second kappa shape index (κ2) is 15.8. The van der Waals surface area contributed by atoms with E-state index in [-0.39, 0.29) is 0 Å². The van der Waals surface area contributed by atoms with Crippen molar-refractivity contribution in [1.29, 1.82) is 0 Å². The van der Waals surface area contributed by atoms with Crippen LogP contribution in [0.2, 0.25) is 0 Å². The highest BCUT2D eigenvalue weighted by atomic mass is 32.2. The van der Waals surface area contributed by atoms with Gasteiger partial charge in [0.05, 0.1) is 11.0 Å². The number of benzene rings is 5. The predicted octanol–water partition coefficient (Wildman–Crippen LogP) is 8.99. The molecule has 0 spiro atoms. The van der Waals surface area contributed by atoms with Crippen molar-refractivity contribution in [1.82, 2.24) is 4.58 Å². The lowest BCUT2D eigenvalue weighted by atomic mass is 9.93. The Bertz CT molecular complexity index is 2010. The summed E-state index contributed by atoms with van der Waals surface area (Å²) in [4.78, 5) is 5.23. The first-order valence-corrected chi connectivity index (χ1v) is 18.9. The molecule has 0 saturated heterocycles. The third-order valence-electron chi connectivity index (χ3n) is 8.21. The van der Waals surface area contributed by atoms with E-state index in [9.17, 15) is 8.76 Å². The highest BCUT2D eigenvalue weighted by Crippen LogP contribution is 2.42. The van der Waals surface area contributed by atoms with E-state index in [1.807, 2.05) is 47.8 Å². The first-order valence-electron chi connectivity index (χ1n) is 15.8. The Balaban J connectivity index is 1.32. The lowest BCUT2D eigenvalue weighted by Crippen LogP contribution is -2.27. The molecule has 2 aliphatic rings. The summed E-state index contributed by atoms with van der Waals surface area (Å²) in [6.45, 7) is 1.82. The standard InChI is InChI=1S/C39H38N2O3S3/c1-40(23-11-25-45-31-13-5-3-6-14-31)29-19-21-33-36(27-29)44-37-28-30(41(2)24-12-26-46-32-15-7-4-8-16-32)20-22-34(37)39(33)35-17-9-10-18-38(35)47(42)43/h3-10,13-22,27-28H,11-12,23-26H2,1-2H3/p+1. The predicted molar refractivity (Wildman–Crippen MR) is 200 cm³/mol. The number of thioether (sulfide) groups is 2. The molecule has 47 heavy (non-hydrogen) atoms. The minimum absolute atomic E-state index is 0.385. The van der Waals surface area contributed by atoms with Gasteiger partial charge in [0.1, 0.15) is 24.9 Å². The lowest BCUT2D eigenvalue weighted by Gasteiger charge is -2.21. The van der Waals surface area contributed by atoms with Gasteiger partial charge in [-0.25, -0.2) is 8.78 Å². The second-order valence-corrected chi connectivity index (χ2v) is 14.7. The zero-order valence-electron chi connectivity index (χ0n) is 26.7. The fourth-order valence-corrected chi connectivity index (χ4v) is 8.00. The molecular formula is C39H39N2O3S3+. The molecule has 5 nitrogen and oxygen atoms in total. The van der Waals surface area contributed by atoms with Crippen molar-refractivity contribution in [2.24, 2.45) is 0 Å². The van der Waals surface area contributed by atoms with E-state index in [1.165, 1.54) is 9.79 Å². The summed E-state index contributed by atoms with van der Waals surface area (Å²) in [6.07, 6.45) is 2.09. The lowest BCUT2D eigenvalue weighted by molar-refractivity contribution is 0.564. The average Bonchev–Trinajstić information content (AvgIpc) is 3.11. The molecule has 0 fully saturated rings. The summed E-state index contributed by atoms with van der Waals surface area (Å²) in [7, 11) is 4.23. The summed E-state index contributed by atoms with van der Waals surface area (Å²) in [5.74, 6) is 2.82. The van der Waals surface area contributed by atoms with E-state index >= 15 is 0 Å². The Labute approximate surface area is 288 Å². The summed E-state index contributed by atoms with van der Waals surface area (Å²) >= 11 is 1.62. The Morgan fingerprint density at radius 1 is 0.766 bits per heavy atom. The number of hydrogen-bond donors (Lipinski definition) is 1. The van der Waals surface area contributed by atoms with Gasteiger partial charge in [-0.3, -0.25) is 0 Å². The van der Waals surface area contributed by atoms with Gasteiger partial charge in [-0.05, 0) is 60.7 Å². The zero-order chi connectivity index (χ0) is 32.6. The molecule has 4 aromatic carbocycles. The first kappa shape index (κ1) is 33.1. The molecule has 0 aromatic heterocycles. The van der Waals surface area contributed by atoms with Crippen LogP contribution in [0.5, 0.6) is 0 Å². The van der Waals surface area contributed by atoms with Crippen molar-refractivity contribution in [3.8, 4) is 22.5 Å². The molecule has 1 heterocycles. The minimum atomic E-state index is -2.14. The fourth-order valence-electron chi connectivity index (χ4n) is 5.73. The minimum Gasteiger partial charge on any atom is -0.456 e. The zero-order valence-corrected chi connectivity index (χ0v) is 29.1. The van der Waals surface area contributed by atoms with Crippen LogP contribution in [-0.4, -0.2) is 47.5 Å². The van der Waals surface area contributed by atoms with Gasteiger partial charge >= 0.3 is 0 Å². The maximum absolute atomic E-state index is 12.5. The third-order valence-corrected chi connectivity index (χ3v) is 11.1. The van der Waals surface area contributed by atoms with Crippen molar-refractivity contribution in [2.45, 2.75) is 27.5 Å². The SMILES string of the molecule is CN(CCCSc1ccccc1)c1ccc2c(-c3ccccc3S(=O)O)c3ccc(=[N+](C)CCCSc4ccccc4)cc-3oc2c1. The van der Waals surface area contributed by atoms with Gasteiger partial charge < -0.3 is 13.9 Å². The normalized spacial score (nSPS) is 12.7. The maximum Gasteiger partial charge on any atom is 0.203 e. The summed E-state index contributed by atoms with van der Waals surface area (Å²) in [5.41, 5.74) is 4.36. The van der Waals surface area contributed by atoms with Crippen LogP contribution in [-0.2, 0) is 11.1 Å². The van der Waals surface area contributed by atoms with Crippen molar-refractivity contribution in [3.63, 3.8) is 0 Å². The van der Waals surface area contributed by atoms with Crippen molar-refractivity contribution in [2.75, 3.05) is 43.6 Å². The molecular weight excluding hydrogens is 641 g/mol. The van der Waals surface area contributed by atoms with Gasteiger partial charge in [0.25, 0.3) is 0 Å². The molecule has 1 N–H and O–H groups in total. The monoisotopic (exact) mass is 679 g/mol. The molecule has 1 aliphatic heterocycles. The van der Waals surface area contributed by atoms with E-state index in [0.717, 1.165) is 81.9 Å². The number of rotatable bonds is 13. The van der Waals surface area contributed by atoms with E-state index in [2.05, 4.69) is 108 Å². The largest absolute Gasteiger partial charge is 0.456 e. The van der Waals surface area contributed by atoms with Crippen LogP contribution < -0.4 is 14.8 Å². The van der Waals surface area contributed by atoms with Crippen LogP contribution in [0.3, 0.4) is 0 Å². The van der Waals surface area contributed by atoms with Gasteiger partial charge in [0.15, 0.2) is 11.1 Å². The van der Waals surface area contributed by atoms with Gasteiger partial charge in [-0.15, -0.1) is 23.5 Å². The smallest absolute Gasteiger partial charge is 0.203 e. The maximum atomic E-state index is 12.5. The molecule has 6 rings (SSSR count). The molecule has 1 unspecified atom stereocenters. The quantitative estimate of drug-likeness (QED) is 0.0433. The summed E-state index contributed by atoms with van der Waals surface area (Å²) < 4.78 is 31.6. The van der Waals surface area contributed by atoms with Crippen LogP contribution in [0.15, 0.2) is 140 Å². The Hall–Kier alpha value is -3.82. The third kappa shape index (κ3) is 8.19. The molecule has 240 valence electrons. The van der Waals surface area contributed by atoms with E-state index in [1.54, 1.807) is 12.1 Å². The molecule has 8 heteroatoms. The molecule has 0 radical (unpaired) electrons. The van der Waals surface area contributed by atoms with Crippen LogP contribution in [0.1, 0.15) is 12.8 Å². The molecule has 0 bridgehead atoms. The van der Waals surface area contributed by atoms with Crippen LogP contribution in [0.4, 0.5) is 5.69 Å². The van der Waals surface area contributed by atoms with E-state index in [0.29, 0.717) is 4.90 Å². The average molecular weight is 680 g/mol. The number of hydrogen-bond acceptors (Lipinski definition) is 5. The Morgan fingerprint density at radius 3 is 2.13 bits per heavy atom. The van der Waals surface area contributed by atoms with Crippen molar-refractivity contribution >= 4 is 51.3 Å². The highest BCUT2D eigenvalue weighted by Gasteiger charge is 2.22. The highest BCUT2D eigenvalue weighted by molar-refractivity contribution is 7.99. The van der Waals surface area contributed by atoms with Crippen LogP contribution in [0.25, 0.3) is 33.4 Å². The molecule has 1 aliphatic carbocycles. The number of nitrogens with zero attached hydrogens (tertiary/aromatic N) is 2. The molecule has 0 amide bonds. The first-order chi connectivity index (χ1) is 23.0. The van der Waals surface area contributed by atoms with Crippen molar-refractivity contribution < 1.29 is 13.2 Å². The summed E-state index contributed by atoms with van der Waals surface area (Å²) in [5, 5.41) is 1.98. The van der Waals surface area contributed by atoms with Gasteiger partial charge in [-0.1, -0.05) is 54.6 Å². The van der Waals surface area contributed by atoms with Crippen LogP contribution >= 0.6 is 23.5 Å². The molecule has 4 aromatic rings. The molecule has 1 atom stereocenters. The van der Waals surface area contributed by atoms with E-state index in [4.69, 9.17) is 4.42 Å². The van der Waals surface area contributed by atoms with E-state index < -0.39 is 11.1 Å². The van der Waals surface area contributed by atoms with Gasteiger partial charge in [0, 0.05) is 75.5 Å². The number of fused-ring (bicyclic) bond motifs is 2. The second-order valence-electron chi connectivity index (χ2n) is 11.5.